The number of carbonyl (C=O) groups is 1. The smallest absolute Gasteiger partial charge is 0.270 e. The molecule has 1 fully saturated rings. The number of hydrogen-bond donors (Lipinski definition) is 1. The molecule has 3 rings (SSSR count). The molecule has 2 aromatic heterocycles. The third kappa shape index (κ3) is 3.44. The molecule has 0 unspecified atom stereocenters. The van der Waals surface area contributed by atoms with E-state index in [4.69, 9.17) is 0 Å². The summed E-state index contributed by atoms with van der Waals surface area (Å²) in [6.07, 6.45) is 9.87. The number of imidazole rings is 1. The maximum Gasteiger partial charge on any atom is 0.270 e. The standard InChI is InChI=1S/C18H24BrN3O/c1-3-15-16(18(23)20-14-8-6-4-5-7-9-14)22-11-13(19)10-12(2)17(22)21-15/h10-11,14H,3-9H2,1-2H3,(H,20,23). The number of aromatic nitrogens is 2. The van der Waals surface area contributed by atoms with Crippen LogP contribution in [0.1, 0.15) is 67.2 Å². The van der Waals surface area contributed by atoms with Crippen molar-refractivity contribution < 1.29 is 4.79 Å². The van der Waals surface area contributed by atoms with E-state index in [9.17, 15) is 4.79 Å². The Bertz CT molecular complexity index is 715. The lowest BCUT2D eigenvalue weighted by atomic mass is 10.1. The lowest BCUT2D eigenvalue weighted by Gasteiger charge is -2.16. The number of amides is 1. The number of aryl methyl sites for hydroxylation is 2. The van der Waals surface area contributed by atoms with Crippen molar-refractivity contribution in [2.75, 3.05) is 0 Å². The van der Waals surface area contributed by atoms with Crippen LogP contribution in [0, 0.1) is 6.92 Å². The number of halogens is 1. The van der Waals surface area contributed by atoms with Gasteiger partial charge in [0.25, 0.3) is 5.91 Å². The van der Waals surface area contributed by atoms with E-state index in [1.54, 1.807) is 0 Å². The predicted molar refractivity (Wildman–Crippen MR) is 96.0 cm³/mol. The number of hydrogen-bond acceptors (Lipinski definition) is 2. The molecule has 23 heavy (non-hydrogen) atoms. The molecule has 0 radical (unpaired) electrons. The van der Waals surface area contributed by atoms with Crippen LogP contribution in [-0.2, 0) is 6.42 Å². The van der Waals surface area contributed by atoms with E-state index in [0.29, 0.717) is 11.7 Å². The Labute approximate surface area is 145 Å². The number of nitrogens with zero attached hydrogens (tertiary/aromatic N) is 2. The summed E-state index contributed by atoms with van der Waals surface area (Å²) in [5.41, 5.74) is 3.51. The minimum Gasteiger partial charge on any atom is -0.348 e. The molecular formula is C18H24BrN3O. The first-order valence-corrected chi connectivity index (χ1v) is 9.37. The fourth-order valence-corrected chi connectivity index (χ4v) is 4.03. The molecular weight excluding hydrogens is 354 g/mol. The molecule has 1 saturated carbocycles. The first kappa shape index (κ1) is 16.5. The Morgan fingerprint density at radius 3 is 2.70 bits per heavy atom. The van der Waals surface area contributed by atoms with Gasteiger partial charge in [-0.05, 0) is 53.7 Å². The van der Waals surface area contributed by atoms with Crippen molar-refractivity contribution >= 4 is 27.5 Å². The fraction of sp³-hybridized carbons (Fsp3) is 0.556. The van der Waals surface area contributed by atoms with Crippen LogP contribution >= 0.6 is 15.9 Å². The Hall–Kier alpha value is -1.36. The van der Waals surface area contributed by atoms with Crippen LogP contribution in [0.3, 0.4) is 0 Å². The van der Waals surface area contributed by atoms with Gasteiger partial charge in [0.1, 0.15) is 11.3 Å². The second-order valence-electron chi connectivity index (χ2n) is 6.46. The molecule has 2 aromatic rings. The molecule has 5 heteroatoms. The zero-order chi connectivity index (χ0) is 16.4. The van der Waals surface area contributed by atoms with E-state index in [2.05, 4.69) is 33.2 Å². The summed E-state index contributed by atoms with van der Waals surface area (Å²) < 4.78 is 2.90. The number of nitrogens with one attached hydrogen (secondary N) is 1. The summed E-state index contributed by atoms with van der Waals surface area (Å²) in [6.45, 7) is 4.08. The second-order valence-corrected chi connectivity index (χ2v) is 7.37. The van der Waals surface area contributed by atoms with Gasteiger partial charge < -0.3 is 5.32 Å². The highest BCUT2D eigenvalue weighted by Crippen LogP contribution is 2.22. The Morgan fingerprint density at radius 1 is 1.35 bits per heavy atom. The largest absolute Gasteiger partial charge is 0.348 e. The molecule has 1 aliphatic carbocycles. The average molecular weight is 378 g/mol. The Morgan fingerprint density at radius 2 is 2.04 bits per heavy atom. The van der Waals surface area contributed by atoms with E-state index in [1.807, 2.05) is 23.6 Å². The van der Waals surface area contributed by atoms with Gasteiger partial charge in [-0.15, -0.1) is 0 Å². The molecule has 0 aromatic carbocycles. The lowest BCUT2D eigenvalue weighted by Crippen LogP contribution is -2.35. The summed E-state index contributed by atoms with van der Waals surface area (Å²) >= 11 is 3.53. The maximum absolute atomic E-state index is 12.9. The fourth-order valence-electron chi connectivity index (χ4n) is 3.48. The van der Waals surface area contributed by atoms with Crippen molar-refractivity contribution in [1.82, 2.24) is 14.7 Å². The van der Waals surface area contributed by atoms with Gasteiger partial charge in [-0.2, -0.15) is 0 Å². The monoisotopic (exact) mass is 377 g/mol. The van der Waals surface area contributed by atoms with Gasteiger partial charge >= 0.3 is 0 Å². The molecule has 0 atom stereocenters. The molecule has 124 valence electrons. The summed E-state index contributed by atoms with van der Waals surface area (Å²) in [4.78, 5) is 17.6. The molecule has 1 aliphatic rings. The van der Waals surface area contributed by atoms with Gasteiger partial charge in [-0.1, -0.05) is 32.6 Å². The lowest BCUT2D eigenvalue weighted by molar-refractivity contribution is 0.0926. The van der Waals surface area contributed by atoms with Crippen LogP contribution in [0.5, 0.6) is 0 Å². The zero-order valence-electron chi connectivity index (χ0n) is 13.9. The SMILES string of the molecule is CCc1nc2c(C)cc(Br)cn2c1C(=O)NC1CCCCCC1. The highest BCUT2D eigenvalue weighted by Gasteiger charge is 2.22. The van der Waals surface area contributed by atoms with Crippen molar-refractivity contribution in [2.45, 2.75) is 64.8 Å². The van der Waals surface area contributed by atoms with Gasteiger partial charge in [0.15, 0.2) is 0 Å². The molecule has 0 aliphatic heterocycles. The molecule has 0 saturated heterocycles. The first-order valence-electron chi connectivity index (χ1n) is 8.58. The predicted octanol–water partition coefficient (Wildman–Crippen LogP) is 4.42. The molecule has 1 N–H and O–H groups in total. The summed E-state index contributed by atoms with van der Waals surface area (Å²) in [6, 6.07) is 2.34. The molecule has 4 nitrogen and oxygen atoms in total. The van der Waals surface area contributed by atoms with Crippen molar-refractivity contribution in [3.63, 3.8) is 0 Å². The van der Waals surface area contributed by atoms with Crippen molar-refractivity contribution in [3.8, 4) is 0 Å². The van der Waals surface area contributed by atoms with Crippen molar-refractivity contribution in [3.05, 3.63) is 33.7 Å². The number of rotatable bonds is 3. The average Bonchev–Trinajstić information content (AvgIpc) is 2.69. The third-order valence-electron chi connectivity index (χ3n) is 4.68. The molecule has 1 amide bonds. The zero-order valence-corrected chi connectivity index (χ0v) is 15.4. The minimum atomic E-state index is 0.0127. The topological polar surface area (TPSA) is 46.4 Å². The van der Waals surface area contributed by atoms with Gasteiger partial charge in [-0.3, -0.25) is 9.20 Å². The van der Waals surface area contributed by atoms with Gasteiger partial charge in [0, 0.05) is 16.7 Å². The number of pyridine rings is 1. The Kier molecular flexibility index (Phi) is 5.05. The van der Waals surface area contributed by atoms with Crippen molar-refractivity contribution in [2.24, 2.45) is 0 Å². The number of carbonyl (C=O) groups excluding carboxylic acids is 1. The molecule has 0 bridgehead atoms. The summed E-state index contributed by atoms with van der Waals surface area (Å²) in [5.74, 6) is 0.0127. The van der Waals surface area contributed by atoms with E-state index >= 15 is 0 Å². The van der Waals surface area contributed by atoms with Gasteiger partial charge in [0.2, 0.25) is 0 Å². The first-order chi connectivity index (χ1) is 11.1. The third-order valence-corrected chi connectivity index (χ3v) is 5.12. The maximum atomic E-state index is 12.9. The van der Waals surface area contributed by atoms with Crippen LogP contribution in [0.4, 0.5) is 0 Å². The van der Waals surface area contributed by atoms with Crippen LogP contribution in [-0.4, -0.2) is 21.3 Å². The van der Waals surface area contributed by atoms with Crippen molar-refractivity contribution in [1.29, 1.82) is 0 Å². The number of fused-ring (bicyclic) bond motifs is 1. The highest BCUT2D eigenvalue weighted by atomic mass is 79.9. The summed E-state index contributed by atoms with van der Waals surface area (Å²) in [7, 11) is 0. The van der Waals surface area contributed by atoms with Crippen LogP contribution in [0.2, 0.25) is 0 Å². The van der Waals surface area contributed by atoms with Crippen LogP contribution in [0.25, 0.3) is 5.65 Å². The highest BCUT2D eigenvalue weighted by molar-refractivity contribution is 9.10. The quantitative estimate of drug-likeness (QED) is 0.804. The normalized spacial score (nSPS) is 16.5. The van der Waals surface area contributed by atoms with E-state index in [0.717, 1.165) is 40.6 Å². The van der Waals surface area contributed by atoms with Crippen LogP contribution in [0.15, 0.2) is 16.7 Å². The Balaban J connectivity index is 1.95. The van der Waals surface area contributed by atoms with Crippen LogP contribution < -0.4 is 5.32 Å². The summed E-state index contributed by atoms with van der Waals surface area (Å²) in [5, 5.41) is 3.25. The van der Waals surface area contributed by atoms with Gasteiger partial charge in [-0.25, -0.2) is 4.98 Å². The van der Waals surface area contributed by atoms with E-state index in [1.165, 1.54) is 25.7 Å². The molecule has 0 spiro atoms. The molecule has 2 heterocycles. The van der Waals surface area contributed by atoms with E-state index < -0.39 is 0 Å². The second kappa shape index (κ2) is 7.04. The van der Waals surface area contributed by atoms with Gasteiger partial charge in [0.05, 0.1) is 5.69 Å². The minimum absolute atomic E-state index is 0.0127. The van der Waals surface area contributed by atoms with E-state index in [-0.39, 0.29) is 5.91 Å².